The minimum Gasteiger partial charge on any atom is -0.350 e. The van der Waals surface area contributed by atoms with Crippen LogP contribution in [0.15, 0.2) is 48.7 Å². The molecule has 1 aromatic heterocycles. The second kappa shape index (κ2) is 11.8. The van der Waals surface area contributed by atoms with Gasteiger partial charge < -0.3 is 16.4 Å². The monoisotopic (exact) mass is 438 g/mol. The number of nitrogens with one attached hydrogen (secondary N) is 2. The fourth-order valence-electron chi connectivity index (χ4n) is 3.46. The molecule has 0 spiro atoms. The summed E-state index contributed by atoms with van der Waals surface area (Å²) in [4.78, 5) is 29.9. The van der Waals surface area contributed by atoms with Gasteiger partial charge in [0, 0.05) is 23.9 Å². The molecule has 0 radical (unpaired) electrons. The van der Waals surface area contributed by atoms with E-state index in [1.54, 1.807) is 0 Å². The van der Waals surface area contributed by atoms with Crippen molar-refractivity contribution in [1.82, 2.24) is 15.6 Å². The third-order valence-corrected chi connectivity index (χ3v) is 5.05. The number of nitrogens with zero attached hydrogens (tertiary/aromatic N) is 1. The van der Waals surface area contributed by atoms with Crippen LogP contribution in [0.5, 0.6) is 0 Å². The van der Waals surface area contributed by atoms with Crippen molar-refractivity contribution in [3.8, 4) is 0 Å². The fraction of sp³-hybridized carbons (Fsp3) is 0.500. The van der Waals surface area contributed by atoms with Gasteiger partial charge in [-0.05, 0) is 69.2 Å². The maximum atomic E-state index is 12.9. The molecule has 174 valence electrons. The topological polar surface area (TPSA) is 97.1 Å². The predicted octanol–water partition coefficient (Wildman–Crippen LogP) is 3.18. The Bertz CT molecular complexity index is 858. The summed E-state index contributed by atoms with van der Waals surface area (Å²) < 4.78 is 0. The van der Waals surface area contributed by atoms with Crippen LogP contribution in [-0.4, -0.2) is 34.4 Å². The Hall–Kier alpha value is -2.73. The van der Waals surface area contributed by atoms with Gasteiger partial charge in [0.2, 0.25) is 11.8 Å². The van der Waals surface area contributed by atoms with Gasteiger partial charge in [0.1, 0.15) is 6.04 Å². The maximum Gasteiger partial charge on any atom is 0.243 e. The predicted molar refractivity (Wildman–Crippen MR) is 129 cm³/mol. The summed E-state index contributed by atoms with van der Waals surface area (Å²) in [6.45, 7) is 9.80. The summed E-state index contributed by atoms with van der Waals surface area (Å²) in [7, 11) is 0. The van der Waals surface area contributed by atoms with E-state index >= 15 is 0 Å². The summed E-state index contributed by atoms with van der Waals surface area (Å²) in [5.74, 6) is -0.196. The zero-order chi connectivity index (χ0) is 23.7. The summed E-state index contributed by atoms with van der Waals surface area (Å²) >= 11 is 0. The van der Waals surface area contributed by atoms with Gasteiger partial charge in [-0.2, -0.15) is 0 Å². The number of aryl methyl sites for hydroxylation is 2. The molecule has 2 atom stereocenters. The molecule has 6 nitrogen and oxygen atoms in total. The van der Waals surface area contributed by atoms with Crippen LogP contribution in [0.25, 0.3) is 0 Å². The minimum atomic E-state index is -0.681. The van der Waals surface area contributed by atoms with Gasteiger partial charge in [0.05, 0.1) is 6.04 Å². The van der Waals surface area contributed by atoms with Crippen LogP contribution in [0, 0.1) is 5.92 Å². The van der Waals surface area contributed by atoms with E-state index in [0.717, 1.165) is 24.1 Å². The highest BCUT2D eigenvalue weighted by molar-refractivity contribution is 5.90. The number of rotatable bonds is 10. The van der Waals surface area contributed by atoms with E-state index in [9.17, 15) is 9.59 Å². The zero-order valence-corrected chi connectivity index (χ0v) is 20.0. The summed E-state index contributed by atoms with van der Waals surface area (Å²) in [6, 6.07) is 12.8. The molecule has 0 aliphatic carbocycles. The van der Waals surface area contributed by atoms with Gasteiger partial charge >= 0.3 is 0 Å². The van der Waals surface area contributed by atoms with Crippen molar-refractivity contribution >= 4 is 11.8 Å². The van der Waals surface area contributed by atoms with Crippen molar-refractivity contribution in [1.29, 1.82) is 0 Å². The summed E-state index contributed by atoms with van der Waals surface area (Å²) in [6.07, 6.45) is 4.56. The smallest absolute Gasteiger partial charge is 0.243 e. The third kappa shape index (κ3) is 9.18. The average Bonchev–Trinajstić information content (AvgIpc) is 2.71. The number of nitrogens with two attached hydrogens (primary N) is 1. The summed E-state index contributed by atoms with van der Waals surface area (Å²) in [5.41, 5.74) is 8.90. The Morgan fingerprint density at radius 2 is 1.62 bits per heavy atom. The number of aromatic nitrogens is 1. The number of hydrogen-bond donors (Lipinski definition) is 3. The van der Waals surface area contributed by atoms with Gasteiger partial charge in [-0.25, -0.2) is 0 Å². The van der Waals surface area contributed by atoms with E-state index in [-0.39, 0.29) is 11.8 Å². The Balaban J connectivity index is 2.05. The number of carbonyl (C=O) groups is 2. The molecule has 32 heavy (non-hydrogen) atoms. The van der Waals surface area contributed by atoms with E-state index in [0.29, 0.717) is 18.8 Å². The van der Waals surface area contributed by atoms with Crippen LogP contribution < -0.4 is 16.4 Å². The van der Waals surface area contributed by atoms with Crippen LogP contribution >= 0.6 is 0 Å². The first-order valence-electron chi connectivity index (χ1n) is 11.4. The molecule has 1 aromatic carbocycles. The standard InChI is InChI=1S/C26H38N4O2/c1-18(2)16-22(27)24(31)29-23(25(32)30-26(3,4)5)17-20-11-9-19(10-12-20)13-14-21-8-6-7-15-28-21/h6-12,15,18,22-23H,13-14,16-17,27H2,1-5H3,(H,29,31)(H,30,32). The molecule has 1 heterocycles. The normalized spacial score (nSPS) is 13.5. The molecule has 6 heteroatoms. The molecule has 4 N–H and O–H groups in total. The molecule has 2 amide bonds. The third-order valence-electron chi connectivity index (χ3n) is 5.05. The van der Waals surface area contributed by atoms with E-state index < -0.39 is 17.6 Å². The molecule has 0 bridgehead atoms. The highest BCUT2D eigenvalue weighted by Gasteiger charge is 2.27. The van der Waals surface area contributed by atoms with Crippen molar-refractivity contribution < 1.29 is 9.59 Å². The molecule has 0 aliphatic heterocycles. The molecule has 2 rings (SSSR count). The van der Waals surface area contributed by atoms with Crippen molar-refractivity contribution in [3.05, 3.63) is 65.5 Å². The second-order valence-corrected chi connectivity index (χ2v) is 9.88. The Morgan fingerprint density at radius 1 is 0.969 bits per heavy atom. The van der Waals surface area contributed by atoms with Crippen LogP contribution in [0.4, 0.5) is 0 Å². The number of hydrogen-bond acceptors (Lipinski definition) is 4. The first-order chi connectivity index (χ1) is 15.0. The highest BCUT2D eigenvalue weighted by atomic mass is 16.2. The largest absolute Gasteiger partial charge is 0.350 e. The lowest BCUT2D eigenvalue weighted by molar-refractivity contribution is -0.130. The van der Waals surface area contributed by atoms with E-state index in [2.05, 4.69) is 27.8 Å². The Kier molecular flexibility index (Phi) is 9.39. The summed E-state index contributed by atoms with van der Waals surface area (Å²) in [5, 5.41) is 5.84. The first kappa shape index (κ1) is 25.5. The molecule has 0 aliphatic rings. The number of pyridine rings is 1. The van der Waals surface area contributed by atoms with Gasteiger partial charge in [0.25, 0.3) is 0 Å². The molecular weight excluding hydrogens is 400 g/mol. The number of benzene rings is 1. The fourth-order valence-corrected chi connectivity index (χ4v) is 3.46. The van der Waals surface area contributed by atoms with Gasteiger partial charge in [-0.15, -0.1) is 0 Å². The SMILES string of the molecule is CC(C)CC(N)C(=O)NC(Cc1ccc(CCc2ccccn2)cc1)C(=O)NC(C)(C)C. The van der Waals surface area contributed by atoms with E-state index in [1.807, 2.05) is 71.1 Å². The molecule has 0 saturated carbocycles. The molecule has 2 unspecified atom stereocenters. The van der Waals surface area contributed by atoms with Crippen molar-refractivity contribution in [3.63, 3.8) is 0 Å². The minimum absolute atomic E-state index is 0.207. The molecule has 0 fully saturated rings. The lowest BCUT2D eigenvalue weighted by Crippen LogP contribution is -2.55. The van der Waals surface area contributed by atoms with Gasteiger partial charge in [0.15, 0.2) is 0 Å². The quantitative estimate of drug-likeness (QED) is 0.531. The van der Waals surface area contributed by atoms with Crippen molar-refractivity contribution in [2.24, 2.45) is 11.7 Å². The maximum absolute atomic E-state index is 12.9. The second-order valence-electron chi connectivity index (χ2n) is 9.88. The van der Waals surface area contributed by atoms with Crippen molar-refractivity contribution in [2.45, 2.75) is 77.9 Å². The molecule has 0 saturated heterocycles. The first-order valence-corrected chi connectivity index (χ1v) is 11.4. The number of carbonyl (C=O) groups excluding carboxylic acids is 2. The van der Waals surface area contributed by atoms with Crippen LogP contribution in [0.1, 0.15) is 57.9 Å². The number of amides is 2. The van der Waals surface area contributed by atoms with Gasteiger partial charge in [-0.3, -0.25) is 14.6 Å². The van der Waals surface area contributed by atoms with E-state index in [1.165, 1.54) is 5.56 Å². The van der Waals surface area contributed by atoms with Crippen LogP contribution in [-0.2, 0) is 28.9 Å². The molecule has 2 aromatic rings. The lowest BCUT2D eigenvalue weighted by atomic mass is 9.99. The van der Waals surface area contributed by atoms with Crippen LogP contribution in [0.2, 0.25) is 0 Å². The lowest BCUT2D eigenvalue weighted by Gasteiger charge is -2.26. The molecular formula is C26H38N4O2. The van der Waals surface area contributed by atoms with E-state index in [4.69, 9.17) is 5.73 Å². The van der Waals surface area contributed by atoms with Gasteiger partial charge in [-0.1, -0.05) is 44.2 Å². The average molecular weight is 439 g/mol. The Morgan fingerprint density at radius 3 is 2.19 bits per heavy atom. The Labute approximate surface area is 192 Å². The van der Waals surface area contributed by atoms with Crippen LogP contribution in [0.3, 0.4) is 0 Å². The van der Waals surface area contributed by atoms with Crippen molar-refractivity contribution in [2.75, 3.05) is 0 Å². The highest BCUT2D eigenvalue weighted by Crippen LogP contribution is 2.12. The zero-order valence-electron chi connectivity index (χ0n) is 20.0.